The van der Waals surface area contributed by atoms with Crippen LogP contribution in [-0.4, -0.2) is 13.1 Å². The van der Waals surface area contributed by atoms with E-state index in [9.17, 15) is 8.78 Å². The van der Waals surface area contributed by atoms with E-state index in [1.165, 1.54) is 29.8 Å². The van der Waals surface area contributed by atoms with Crippen LogP contribution in [-0.2, 0) is 0 Å². The summed E-state index contributed by atoms with van der Waals surface area (Å²) in [5.74, 6) is -0.486. The number of piperidine rings is 1. The molecule has 1 saturated heterocycles. The number of hydrogen-bond donors (Lipinski definition) is 1. The van der Waals surface area contributed by atoms with E-state index >= 15 is 0 Å². The molecule has 0 atom stereocenters. The Morgan fingerprint density at radius 1 is 0.727 bits per heavy atom. The average molecular weight is 366 g/mol. The fourth-order valence-electron chi connectivity index (χ4n) is 2.79. The molecule has 2 aromatic carbocycles. The lowest BCUT2D eigenvalue weighted by Crippen LogP contribution is -2.23. The Morgan fingerprint density at radius 2 is 1.14 bits per heavy atom. The Balaban J connectivity index is 0.00000176. The summed E-state index contributed by atoms with van der Waals surface area (Å²) in [6.45, 7) is 1.89. The molecule has 1 heterocycles. The summed E-state index contributed by atoms with van der Waals surface area (Å²) in [6.07, 6.45) is 1.92. The van der Waals surface area contributed by atoms with Crippen LogP contribution in [0.4, 0.5) is 8.78 Å². The van der Waals surface area contributed by atoms with Crippen molar-refractivity contribution in [2.45, 2.75) is 12.8 Å². The van der Waals surface area contributed by atoms with Gasteiger partial charge < -0.3 is 5.32 Å². The second-order valence-electron chi connectivity index (χ2n) is 5.24. The minimum Gasteiger partial charge on any atom is -0.316 e. The molecule has 1 fully saturated rings. The molecule has 1 nitrogen and oxygen atoms in total. The number of halogens is 3. The fourth-order valence-corrected chi connectivity index (χ4v) is 2.79. The van der Waals surface area contributed by atoms with E-state index in [-0.39, 0.29) is 28.6 Å². The summed E-state index contributed by atoms with van der Waals surface area (Å²) in [6, 6.07) is 13.1. The van der Waals surface area contributed by atoms with Gasteiger partial charge in [-0.05, 0) is 66.9 Å². The molecule has 3 rings (SSSR count). The van der Waals surface area contributed by atoms with Crippen molar-refractivity contribution in [1.82, 2.24) is 5.32 Å². The van der Waals surface area contributed by atoms with E-state index in [1.54, 1.807) is 24.3 Å². The van der Waals surface area contributed by atoms with Gasteiger partial charge in [0.1, 0.15) is 11.6 Å². The van der Waals surface area contributed by atoms with E-state index in [0.29, 0.717) is 0 Å². The molecule has 1 aliphatic rings. The molecular weight excluding hydrogens is 348 g/mol. The van der Waals surface area contributed by atoms with Crippen LogP contribution >= 0.6 is 17.0 Å². The average Bonchev–Trinajstić information content (AvgIpc) is 2.52. The van der Waals surface area contributed by atoms with Gasteiger partial charge in [0.05, 0.1) is 0 Å². The Bertz CT molecular complexity index is 592. The predicted octanol–water partition coefficient (Wildman–Crippen LogP) is 4.73. The molecule has 0 aliphatic carbocycles. The van der Waals surface area contributed by atoms with Gasteiger partial charge in [-0.3, -0.25) is 0 Å². The highest BCUT2D eigenvalue weighted by Gasteiger charge is 2.14. The fraction of sp³-hybridized carbons (Fsp3) is 0.222. The van der Waals surface area contributed by atoms with Crippen LogP contribution in [0.15, 0.2) is 54.1 Å². The maximum absolute atomic E-state index is 13.2. The van der Waals surface area contributed by atoms with Gasteiger partial charge >= 0.3 is 0 Å². The monoisotopic (exact) mass is 365 g/mol. The molecular formula is C18H18BrF2N. The van der Waals surface area contributed by atoms with Crippen molar-refractivity contribution < 1.29 is 8.78 Å². The highest BCUT2D eigenvalue weighted by molar-refractivity contribution is 8.93. The van der Waals surface area contributed by atoms with Gasteiger partial charge in [0, 0.05) is 0 Å². The summed E-state index contributed by atoms with van der Waals surface area (Å²) in [5.41, 5.74) is 4.42. The smallest absolute Gasteiger partial charge is 0.123 e. The van der Waals surface area contributed by atoms with Crippen molar-refractivity contribution in [3.8, 4) is 0 Å². The van der Waals surface area contributed by atoms with Gasteiger partial charge in [0.25, 0.3) is 0 Å². The number of rotatable bonds is 2. The summed E-state index contributed by atoms with van der Waals surface area (Å²) >= 11 is 0. The molecule has 0 aromatic heterocycles. The highest BCUT2D eigenvalue weighted by Crippen LogP contribution is 2.31. The lowest BCUT2D eigenvalue weighted by atomic mass is 9.89. The first-order valence-electron chi connectivity index (χ1n) is 7.18. The van der Waals surface area contributed by atoms with E-state index in [1.807, 2.05) is 0 Å². The lowest BCUT2D eigenvalue weighted by Gasteiger charge is -2.21. The third-order valence-corrected chi connectivity index (χ3v) is 3.83. The second kappa shape index (κ2) is 7.65. The summed E-state index contributed by atoms with van der Waals surface area (Å²) in [5, 5.41) is 3.34. The zero-order chi connectivity index (χ0) is 14.7. The van der Waals surface area contributed by atoms with Gasteiger partial charge in [-0.15, -0.1) is 17.0 Å². The Morgan fingerprint density at radius 3 is 1.55 bits per heavy atom. The zero-order valence-electron chi connectivity index (χ0n) is 12.1. The maximum Gasteiger partial charge on any atom is 0.123 e. The number of nitrogens with one attached hydrogen (secondary N) is 1. The SMILES string of the molecule is Br.Fc1ccc(C(=C2CCNCC2)c2ccc(F)cc2)cc1. The Kier molecular flexibility index (Phi) is 5.86. The summed E-state index contributed by atoms with van der Waals surface area (Å²) < 4.78 is 26.3. The molecule has 0 saturated carbocycles. The molecule has 2 aromatic rings. The van der Waals surface area contributed by atoms with Crippen molar-refractivity contribution in [2.24, 2.45) is 0 Å². The molecule has 1 aliphatic heterocycles. The van der Waals surface area contributed by atoms with Gasteiger partial charge in [0.15, 0.2) is 0 Å². The molecule has 0 radical (unpaired) electrons. The predicted molar refractivity (Wildman–Crippen MR) is 91.2 cm³/mol. The van der Waals surface area contributed by atoms with E-state index in [0.717, 1.165) is 42.6 Å². The van der Waals surface area contributed by atoms with E-state index in [4.69, 9.17) is 0 Å². The normalized spacial score (nSPS) is 14.4. The molecule has 0 spiro atoms. The van der Waals surface area contributed by atoms with Crippen LogP contribution in [0.25, 0.3) is 5.57 Å². The third-order valence-electron chi connectivity index (χ3n) is 3.83. The summed E-state index contributed by atoms with van der Waals surface area (Å²) in [7, 11) is 0. The van der Waals surface area contributed by atoms with Crippen molar-refractivity contribution in [3.05, 3.63) is 76.9 Å². The zero-order valence-corrected chi connectivity index (χ0v) is 13.8. The van der Waals surface area contributed by atoms with E-state index in [2.05, 4.69) is 5.32 Å². The van der Waals surface area contributed by atoms with Crippen molar-refractivity contribution in [1.29, 1.82) is 0 Å². The van der Waals surface area contributed by atoms with Crippen molar-refractivity contribution in [3.63, 3.8) is 0 Å². The maximum atomic E-state index is 13.2. The number of hydrogen-bond acceptors (Lipinski definition) is 1. The van der Waals surface area contributed by atoms with Crippen LogP contribution in [0.5, 0.6) is 0 Å². The molecule has 22 heavy (non-hydrogen) atoms. The third kappa shape index (κ3) is 3.81. The minimum absolute atomic E-state index is 0. The van der Waals surface area contributed by atoms with Crippen molar-refractivity contribution >= 4 is 22.6 Å². The lowest BCUT2D eigenvalue weighted by molar-refractivity contribution is 0.611. The van der Waals surface area contributed by atoms with Crippen LogP contribution < -0.4 is 5.32 Å². The topological polar surface area (TPSA) is 12.0 Å². The van der Waals surface area contributed by atoms with Gasteiger partial charge in [-0.2, -0.15) is 0 Å². The first-order chi connectivity index (χ1) is 10.2. The van der Waals surface area contributed by atoms with Gasteiger partial charge in [0.2, 0.25) is 0 Å². The van der Waals surface area contributed by atoms with Crippen LogP contribution in [0.3, 0.4) is 0 Å². The van der Waals surface area contributed by atoms with Gasteiger partial charge in [-0.1, -0.05) is 29.8 Å². The highest BCUT2D eigenvalue weighted by atomic mass is 79.9. The first kappa shape index (κ1) is 16.8. The van der Waals surface area contributed by atoms with Crippen LogP contribution in [0, 0.1) is 11.6 Å². The first-order valence-corrected chi connectivity index (χ1v) is 7.18. The Hall–Kier alpha value is -1.52. The standard InChI is InChI=1S/C18H17F2N.BrH/c19-16-5-1-13(2-6-16)18(15-9-11-21-12-10-15)14-3-7-17(20)8-4-14;/h1-8,21H,9-12H2;1H. The van der Waals surface area contributed by atoms with E-state index < -0.39 is 0 Å². The summed E-state index contributed by atoms with van der Waals surface area (Å²) in [4.78, 5) is 0. The van der Waals surface area contributed by atoms with Gasteiger partial charge in [-0.25, -0.2) is 8.78 Å². The Labute approximate surface area is 139 Å². The molecule has 116 valence electrons. The molecule has 0 bridgehead atoms. The van der Waals surface area contributed by atoms with Crippen molar-refractivity contribution in [2.75, 3.05) is 13.1 Å². The second-order valence-corrected chi connectivity index (χ2v) is 5.24. The molecule has 4 heteroatoms. The largest absolute Gasteiger partial charge is 0.316 e. The molecule has 0 unspecified atom stereocenters. The minimum atomic E-state index is -0.243. The quantitative estimate of drug-likeness (QED) is 0.811. The van der Waals surface area contributed by atoms with Crippen LogP contribution in [0.1, 0.15) is 24.0 Å². The number of benzene rings is 2. The molecule has 0 amide bonds. The van der Waals surface area contributed by atoms with Crippen LogP contribution in [0.2, 0.25) is 0 Å². The molecule has 1 N–H and O–H groups in total.